The van der Waals surface area contributed by atoms with Crippen molar-refractivity contribution >= 4 is 33.4 Å². The van der Waals surface area contributed by atoms with Crippen LogP contribution in [0.25, 0.3) is 0 Å². The molecule has 0 atom stereocenters. The van der Waals surface area contributed by atoms with Gasteiger partial charge in [0, 0.05) is 25.5 Å². The van der Waals surface area contributed by atoms with E-state index in [-0.39, 0.29) is 0 Å². The molecule has 1 rings (SSSR count). The molecule has 1 aromatic heterocycles. The molecule has 0 N–H and O–H groups in total. The fourth-order valence-electron chi connectivity index (χ4n) is 0.661. The Morgan fingerprint density at radius 1 is 1.54 bits per heavy atom. The van der Waals surface area contributed by atoms with E-state index < -0.39 is 0 Å². The first-order valence-electron chi connectivity index (χ1n) is 3.86. The van der Waals surface area contributed by atoms with Gasteiger partial charge < -0.3 is 0 Å². The van der Waals surface area contributed by atoms with Gasteiger partial charge in [-0.2, -0.15) is 0 Å². The van der Waals surface area contributed by atoms with E-state index in [4.69, 9.17) is 11.8 Å². The summed E-state index contributed by atoms with van der Waals surface area (Å²) in [5.74, 6) is 1.00. The largest absolute Gasteiger partial charge is 0.249 e. The highest BCUT2D eigenvalue weighted by Gasteiger charge is 1.96. The van der Waals surface area contributed by atoms with Crippen LogP contribution in [0.3, 0.4) is 0 Å². The summed E-state index contributed by atoms with van der Waals surface area (Å²) in [4.78, 5) is 4.19. The van der Waals surface area contributed by atoms with Crippen molar-refractivity contribution in [3.63, 3.8) is 0 Å². The third-order valence-corrected chi connectivity index (χ3v) is 3.68. The monoisotopic (exact) mass is 234 g/mol. The van der Waals surface area contributed by atoms with E-state index in [1.165, 1.54) is 0 Å². The number of nitrogens with zero attached hydrogens (tertiary/aromatic N) is 2. The van der Waals surface area contributed by atoms with Crippen molar-refractivity contribution in [2.75, 3.05) is 19.3 Å². The molecule has 0 aliphatic rings. The fourth-order valence-corrected chi connectivity index (χ4v) is 2.77. The Kier molecular flexibility index (Phi) is 5.62. The molecule has 0 aromatic carbocycles. The van der Waals surface area contributed by atoms with Crippen LogP contribution in [0.4, 0.5) is 0 Å². The summed E-state index contributed by atoms with van der Waals surface area (Å²) < 4.78 is 1.66. The van der Waals surface area contributed by atoms with E-state index in [0.717, 1.165) is 17.3 Å². The Morgan fingerprint density at radius 3 is 3.00 bits per heavy atom. The second-order valence-corrected chi connectivity index (χ2v) is 5.41. The minimum absolute atomic E-state index is 0.881. The second kappa shape index (κ2) is 6.54. The van der Waals surface area contributed by atoms with Crippen molar-refractivity contribution in [2.45, 2.75) is 5.03 Å². The zero-order chi connectivity index (χ0) is 9.52. The van der Waals surface area contributed by atoms with E-state index in [1.807, 2.05) is 25.2 Å². The standard InChI is InChI=1S/C8H11ClN2S2/c1-11(9)6-7-12-13-8-4-2-3-5-10-8/h2-5H,6-7H2,1H3. The van der Waals surface area contributed by atoms with Gasteiger partial charge in [-0.05, 0) is 34.7 Å². The lowest BCUT2D eigenvalue weighted by Crippen LogP contribution is -2.07. The Bertz CT molecular complexity index is 231. The van der Waals surface area contributed by atoms with Crippen molar-refractivity contribution in [2.24, 2.45) is 0 Å². The number of halogens is 1. The molecule has 1 aromatic rings. The molecule has 0 fully saturated rings. The lowest BCUT2D eigenvalue weighted by atomic mass is 10.5. The Hall–Kier alpha value is 0.1000. The number of pyridine rings is 1. The molecule has 0 amide bonds. The van der Waals surface area contributed by atoms with E-state index in [0.29, 0.717) is 0 Å². The number of aromatic nitrogens is 1. The van der Waals surface area contributed by atoms with Gasteiger partial charge in [0.05, 0.1) is 0 Å². The van der Waals surface area contributed by atoms with Crippen molar-refractivity contribution in [3.05, 3.63) is 24.4 Å². The molecule has 0 saturated carbocycles. The van der Waals surface area contributed by atoms with Crippen molar-refractivity contribution in [1.29, 1.82) is 0 Å². The first kappa shape index (κ1) is 11.2. The average molecular weight is 235 g/mol. The topological polar surface area (TPSA) is 16.1 Å². The van der Waals surface area contributed by atoms with Crippen molar-refractivity contribution < 1.29 is 0 Å². The van der Waals surface area contributed by atoms with Gasteiger partial charge in [0.2, 0.25) is 0 Å². The minimum Gasteiger partial charge on any atom is -0.249 e. The molecule has 5 heteroatoms. The van der Waals surface area contributed by atoms with Gasteiger partial charge in [-0.25, -0.2) is 9.40 Å². The van der Waals surface area contributed by atoms with Crippen LogP contribution in [0.1, 0.15) is 0 Å². The Morgan fingerprint density at radius 2 is 2.38 bits per heavy atom. The van der Waals surface area contributed by atoms with E-state index in [1.54, 1.807) is 32.2 Å². The van der Waals surface area contributed by atoms with Crippen LogP contribution in [0.5, 0.6) is 0 Å². The quantitative estimate of drug-likeness (QED) is 0.442. The lowest BCUT2D eigenvalue weighted by Gasteiger charge is -2.04. The maximum absolute atomic E-state index is 5.65. The summed E-state index contributed by atoms with van der Waals surface area (Å²) in [5.41, 5.74) is 0. The predicted octanol–water partition coefficient (Wildman–Crippen LogP) is 2.91. The zero-order valence-corrected chi connectivity index (χ0v) is 9.70. The Labute approximate surface area is 91.6 Å². The average Bonchev–Trinajstić information content (AvgIpc) is 2.14. The molecule has 0 aliphatic heterocycles. The van der Waals surface area contributed by atoms with Gasteiger partial charge in [-0.15, -0.1) is 0 Å². The van der Waals surface area contributed by atoms with Crippen molar-refractivity contribution in [3.8, 4) is 0 Å². The Balaban J connectivity index is 2.13. The van der Waals surface area contributed by atoms with Gasteiger partial charge in [-0.3, -0.25) is 0 Å². The smallest absolute Gasteiger partial charge is 0.106 e. The van der Waals surface area contributed by atoms with E-state index in [2.05, 4.69) is 4.98 Å². The normalized spacial score (nSPS) is 10.7. The molecule has 13 heavy (non-hydrogen) atoms. The van der Waals surface area contributed by atoms with Crippen LogP contribution in [0.2, 0.25) is 0 Å². The van der Waals surface area contributed by atoms with Gasteiger partial charge in [-0.1, -0.05) is 16.9 Å². The minimum atomic E-state index is 0.881. The summed E-state index contributed by atoms with van der Waals surface area (Å²) in [6, 6.07) is 5.91. The van der Waals surface area contributed by atoms with Crippen LogP contribution in [0, 0.1) is 0 Å². The molecule has 0 saturated heterocycles. The summed E-state index contributed by atoms with van der Waals surface area (Å²) in [6.45, 7) is 0.881. The summed E-state index contributed by atoms with van der Waals surface area (Å²) in [7, 11) is 5.30. The number of rotatable bonds is 5. The first-order chi connectivity index (χ1) is 6.29. The summed E-state index contributed by atoms with van der Waals surface area (Å²) in [6.07, 6.45) is 1.80. The van der Waals surface area contributed by atoms with Gasteiger partial charge >= 0.3 is 0 Å². The lowest BCUT2D eigenvalue weighted by molar-refractivity contribution is 0.589. The third-order valence-electron chi connectivity index (χ3n) is 1.26. The predicted molar refractivity (Wildman–Crippen MR) is 61.0 cm³/mol. The molecular formula is C8H11ClN2S2. The maximum Gasteiger partial charge on any atom is 0.106 e. The van der Waals surface area contributed by atoms with E-state index in [9.17, 15) is 0 Å². The first-order valence-corrected chi connectivity index (χ1v) is 6.52. The highest BCUT2D eigenvalue weighted by Crippen LogP contribution is 2.28. The van der Waals surface area contributed by atoms with Gasteiger partial charge in [0.15, 0.2) is 0 Å². The van der Waals surface area contributed by atoms with Crippen molar-refractivity contribution in [1.82, 2.24) is 9.40 Å². The molecular weight excluding hydrogens is 224 g/mol. The molecule has 0 aliphatic carbocycles. The van der Waals surface area contributed by atoms with Crippen LogP contribution in [-0.2, 0) is 0 Å². The van der Waals surface area contributed by atoms with Crippen LogP contribution >= 0.6 is 33.4 Å². The number of hydrogen-bond donors (Lipinski definition) is 0. The molecule has 72 valence electrons. The third kappa shape index (κ3) is 5.41. The van der Waals surface area contributed by atoms with Crippen LogP contribution < -0.4 is 0 Å². The molecule has 2 nitrogen and oxygen atoms in total. The molecule has 1 heterocycles. The maximum atomic E-state index is 5.65. The highest BCUT2D eigenvalue weighted by molar-refractivity contribution is 8.76. The fraction of sp³-hybridized carbons (Fsp3) is 0.375. The highest BCUT2D eigenvalue weighted by atomic mass is 35.5. The van der Waals surface area contributed by atoms with Crippen LogP contribution in [0.15, 0.2) is 29.4 Å². The molecule has 0 bridgehead atoms. The van der Waals surface area contributed by atoms with E-state index >= 15 is 0 Å². The zero-order valence-electron chi connectivity index (χ0n) is 7.31. The van der Waals surface area contributed by atoms with Crippen LogP contribution in [-0.4, -0.2) is 28.7 Å². The second-order valence-electron chi connectivity index (χ2n) is 2.40. The SMILES string of the molecule is CN(Cl)CCSSc1ccccn1. The van der Waals surface area contributed by atoms with Gasteiger partial charge in [0.1, 0.15) is 5.03 Å². The molecule has 0 spiro atoms. The number of hydrogen-bond acceptors (Lipinski definition) is 4. The summed E-state index contributed by atoms with van der Waals surface area (Å²) >= 11 is 5.65. The molecule has 0 unspecified atom stereocenters. The van der Waals surface area contributed by atoms with Gasteiger partial charge in [0.25, 0.3) is 0 Å². The summed E-state index contributed by atoms with van der Waals surface area (Å²) in [5, 5.41) is 1.05. The molecule has 0 radical (unpaired) electrons.